The number of rotatable bonds is 4. The van der Waals surface area contributed by atoms with Crippen LogP contribution in [0.3, 0.4) is 0 Å². The molecule has 4 heteroatoms. The van der Waals surface area contributed by atoms with Gasteiger partial charge in [0.25, 0.3) is 0 Å². The van der Waals surface area contributed by atoms with E-state index in [1.165, 1.54) is 19.3 Å². The number of nitrogens with zero attached hydrogens (tertiary/aromatic N) is 1. The molecule has 1 saturated heterocycles. The number of carboxylic acids is 1. The quantitative estimate of drug-likeness (QED) is 0.852. The summed E-state index contributed by atoms with van der Waals surface area (Å²) in [4.78, 5) is 25.4. The Morgan fingerprint density at radius 2 is 1.95 bits per heavy atom. The molecule has 1 heterocycles. The zero-order valence-corrected chi connectivity index (χ0v) is 11.9. The van der Waals surface area contributed by atoms with Crippen molar-refractivity contribution in [3.63, 3.8) is 0 Å². The topological polar surface area (TPSA) is 57.6 Å². The third kappa shape index (κ3) is 3.10. The molecule has 0 radical (unpaired) electrons. The van der Waals surface area contributed by atoms with Crippen LogP contribution in [-0.4, -0.2) is 35.0 Å². The lowest BCUT2D eigenvalue weighted by atomic mass is 9.84. The van der Waals surface area contributed by atoms with Gasteiger partial charge in [0.2, 0.25) is 5.91 Å². The van der Waals surface area contributed by atoms with Gasteiger partial charge >= 0.3 is 5.97 Å². The molecule has 1 aliphatic carbocycles. The molecular formula is C15H25NO3. The minimum absolute atomic E-state index is 0.170. The fourth-order valence-electron chi connectivity index (χ4n) is 3.47. The van der Waals surface area contributed by atoms with Crippen molar-refractivity contribution in [2.24, 2.45) is 11.3 Å². The van der Waals surface area contributed by atoms with Crippen molar-refractivity contribution in [1.82, 2.24) is 4.90 Å². The van der Waals surface area contributed by atoms with Crippen LogP contribution in [0.25, 0.3) is 0 Å². The van der Waals surface area contributed by atoms with Gasteiger partial charge in [-0.25, -0.2) is 0 Å². The van der Waals surface area contributed by atoms with Crippen molar-refractivity contribution < 1.29 is 14.7 Å². The van der Waals surface area contributed by atoms with Crippen LogP contribution in [0.1, 0.15) is 58.3 Å². The largest absolute Gasteiger partial charge is 0.481 e. The zero-order chi connectivity index (χ0) is 13.9. The summed E-state index contributed by atoms with van der Waals surface area (Å²) in [6, 6.07) is 0. The van der Waals surface area contributed by atoms with E-state index in [-0.39, 0.29) is 5.91 Å². The van der Waals surface area contributed by atoms with Crippen LogP contribution in [0.2, 0.25) is 0 Å². The van der Waals surface area contributed by atoms with E-state index in [0.717, 1.165) is 12.8 Å². The second-order valence-electron chi connectivity index (χ2n) is 6.21. The molecule has 2 aliphatic rings. The first-order valence-electron chi connectivity index (χ1n) is 7.58. The van der Waals surface area contributed by atoms with Crippen molar-refractivity contribution in [3.8, 4) is 0 Å². The molecule has 0 aromatic carbocycles. The summed E-state index contributed by atoms with van der Waals surface area (Å²) in [5.74, 6) is -0.0471. The Hall–Kier alpha value is -1.06. The van der Waals surface area contributed by atoms with Crippen LogP contribution < -0.4 is 0 Å². The van der Waals surface area contributed by atoms with E-state index < -0.39 is 11.4 Å². The number of carbonyl (C=O) groups is 2. The highest BCUT2D eigenvalue weighted by atomic mass is 16.4. The summed E-state index contributed by atoms with van der Waals surface area (Å²) in [6.07, 6.45) is 7.95. The SMILES string of the molecule is CCC1(C(=O)O)CCN(C(=O)CC2CCCCC2)C1. The molecule has 1 atom stereocenters. The second-order valence-corrected chi connectivity index (χ2v) is 6.21. The van der Waals surface area contributed by atoms with Crippen LogP contribution >= 0.6 is 0 Å². The Morgan fingerprint density at radius 1 is 1.26 bits per heavy atom. The molecule has 2 rings (SSSR count). The Bertz CT molecular complexity index is 349. The van der Waals surface area contributed by atoms with Crippen molar-refractivity contribution in [2.45, 2.75) is 58.3 Å². The first-order valence-corrected chi connectivity index (χ1v) is 7.58. The van der Waals surface area contributed by atoms with E-state index in [9.17, 15) is 14.7 Å². The molecule has 1 saturated carbocycles. The molecule has 0 aromatic heterocycles. The monoisotopic (exact) mass is 267 g/mol. The molecule has 1 unspecified atom stereocenters. The van der Waals surface area contributed by atoms with E-state index >= 15 is 0 Å². The van der Waals surface area contributed by atoms with Gasteiger partial charge in [0.15, 0.2) is 0 Å². The number of hydrogen-bond donors (Lipinski definition) is 1. The zero-order valence-electron chi connectivity index (χ0n) is 11.9. The molecule has 108 valence electrons. The lowest BCUT2D eigenvalue weighted by Gasteiger charge is -2.26. The summed E-state index contributed by atoms with van der Waals surface area (Å²) in [6.45, 7) is 2.93. The third-order valence-corrected chi connectivity index (χ3v) is 5.02. The van der Waals surface area contributed by atoms with Gasteiger partial charge in [-0.15, -0.1) is 0 Å². The molecule has 1 aliphatic heterocycles. The first kappa shape index (κ1) is 14.4. The predicted octanol–water partition coefficient (Wildman–Crippen LogP) is 2.67. The highest BCUT2D eigenvalue weighted by Gasteiger charge is 2.44. The van der Waals surface area contributed by atoms with Crippen molar-refractivity contribution >= 4 is 11.9 Å². The van der Waals surface area contributed by atoms with Gasteiger partial charge in [-0.2, -0.15) is 0 Å². The van der Waals surface area contributed by atoms with Gasteiger partial charge in [0.05, 0.1) is 5.41 Å². The van der Waals surface area contributed by atoms with Gasteiger partial charge < -0.3 is 10.0 Å². The molecule has 19 heavy (non-hydrogen) atoms. The summed E-state index contributed by atoms with van der Waals surface area (Å²) >= 11 is 0. The maximum absolute atomic E-state index is 12.3. The molecule has 2 fully saturated rings. The third-order valence-electron chi connectivity index (χ3n) is 5.02. The predicted molar refractivity (Wildman–Crippen MR) is 72.7 cm³/mol. The highest BCUT2D eigenvalue weighted by molar-refractivity contribution is 5.80. The Labute approximate surface area is 115 Å². The number of carboxylic acid groups (broad SMARTS) is 1. The van der Waals surface area contributed by atoms with E-state index in [0.29, 0.717) is 38.3 Å². The van der Waals surface area contributed by atoms with E-state index in [2.05, 4.69) is 0 Å². The van der Waals surface area contributed by atoms with Crippen LogP contribution in [0.15, 0.2) is 0 Å². The number of likely N-dealkylation sites (tertiary alicyclic amines) is 1. The lowest BCUT2D eigenvalue weighted by molar-refractivity contribution is -0.148. The Morgan fingerprint density at radius 3 is 2.47 bits per heavy atom. The number of hydrogen-bond acceptors (Lipinski definition) is 2. The molecule has 0 spiro atoms. The molecule has 0 aromatic rings. The van der Waals surface area contributed by atoms with Crippen LogP contribution in [-0.2, 0) is 9.59 Å². The van der Waals surface area contributed by atoms with Gasteiger partial charge in [-0.1, -0.05) is 26.2 Å². The van der Waals surface area contributed by atoms with Crippen molar-refractivity contribution in [1.29, 1.82) is 0 Å². The molecule has 4 nitrogen and oxygen atoms in total. The molecular weight excluding hydrogens is 242 g/mol. The maximum Gasteiger partial charge on any atom is 0.311 e. The van der Waals surface area contributed by atoms with Gasteiger partial charge in [0, 0.05) is 19.5 Å². The van der Waals surface area contributed by atoms with Crippen LogP contribution in [0.5, 0.6) is 0 Å². The average molecular weight is 267 g/mol. The smallest absolute Gasteiger partial charge is 0.311 e. The average Bonchev–Trinajstić information content (AvgIpc) is 2.86. The van der Waals surface area contributed by atoms with Crippen LogP contribution in [0.4, 0.5) is 0 Å². The van der Waals surface area contributed by atoms with Gasteiger partial charge in [-0.05, 0) is 31.6 Å². The number of carbonyl (C=O) groups excluding carboxylic acids is 1. The first-order chi connectivity index (χ1) is 9.07. The van der Waals surface area contributed by atoms with Crippen molar-refractivity contribution in [3.05, 3.63) is 0 Å². The fourth-order valence-corrected chi connectivity index (χ4v) is 3.47. The minimum Gasteiger partial charge on any atom is -0.481 e. The molecule has 1 N–H and O–H groups in total. The highest BCUT2D eigenvalue weighted by Crippen LogP contribution is 2.35. The van der Waals surface area contributed by atoms with E-state index in [1.54, 1.807) is 4.90 Å². The summed E-state index contributed by atoms with van der Waals surface area (Å²) in [7, 11) is 0. The van der Waals surface area contributed by atoms with Crippen LogP contribution in [0, 0.1) is 11.3 Å². The lowest BCUT2D eigenvalue weighted by Crippen LogP contribution is -2.37. The molecule has 0 bridgehead atoms. The maximum atomic E-state index is 12.3. The second kappa shape index (κ2) is 5.93. The van der Waals surface area contributed by atoms with E-state index in [4.69, 9.17) is 0 Å². The van der Waals surface area contributed by atoms with E-state index in [1.807, 2.05) is 6.92 Å². The number of aliphatic carboxylic acids is 1. The normalized spacial score (nSPS) is 28.6. The number of amides is 1. The summed E-state index contributed by atoms with van der Waals surface area (Å²) in [5.41, 5.74) is -0.692. The molecule has 1 amide bonds. The summed E-state index contributed by atoms with van der Waals surface area (Å²) in [5, 5.41) is 9.35. The minimum atomic E-state index is -0.747. The van der Waals surface area contributed by atoms with Gasteiger partial charge in [-0.3, -0.25) is 9.59 Å². The fraction of sp³-hybridized carbons (Fsp3) is 0.867. The van der Waals surface area contributed by atoms with Gasteiger partial charge in [0.1, 0.15) is 0 Å². The Balaban J connectivity index is 1.89. The van der Waals surface area contributed by atoms with Crippen molar-refractivity contribution in [2.75, 3.05) is 13.1 Å². The standard InChI is InChI=1S/C15H25NO3/c1-2-15(14(18)19)8-9-16(11-15)13(17)10-12-6-4-3-5-7-12/h12H,2-11H2,1H3,(H,18,19). The summed E-state index contributed by atoms with van der Waals surface area (Å²) < 4.78 is 0. The Kier molecular flexibility index (Phi) is 4.48.